The van der Waals surface area contributed by atoms with E-state index in [0.29, 0.717) is 12.6 Å². The van der Waals surface area contributed by atoms with Gasteiger partial charge >= 0.3 is 0 Å². The summed E-state index contributed by atoms with van der Waals surface area (Å²) in [7, 11) is 0. The van der Waals surface area contributed by atoms with Gasteiger partial charge in [0.25, 0.3) is 0 Å². The molecule has 2 fully saturated rings. The highest BCUT2D eigenvalue weighted by molar-refractivity contribution is 5.24. The monoisotopic (exact) mass is 288 g/mol. The molecule has 3 heteroatoms. The summed E-state index contributed by atoms with van der Waals surface area (Å²) in [5.74, 6) is 0.874. The van der Waals surface area contributed by atoms with Crippen LogP contribution in [-0.2, 0) is 6.54 Å². The number of benzene rings is 1. The molecule has 0 radical (unpaired) electrons. The molecule has 3 N–H and O–H groups in total. The van der Waals surface area contributed by atoms with Gasteiger partial charge in [-0.2, -0.15) is 0 Å². The van der Waals surface area contributed by atoms with E-state index in [0.717, 1.165) is 30.1 Å². The Balaban J connectivity index is 1.63. The van der Waals surface area contributed by atoms with Crippen molar-refractivity contribution in [2.24, 2.45) is 11.7 Å². The normalized spacial score (nSPS) is 28.1. The predicted octanol–water partition coefficient (Wildman–Crippen LogP) is 2.83. The van der Waals surface area contributed by atoms with Crippen LogP contribution in [0.3, 0.4) is 0 Å². The summed E-state index contributed by atoms with van der Waals surface area (Å²) in [6.07, 6.45) is 7.78. The minimum Gasteiger partial charge on any atom is -0.387 e. The first-order valence-corrected chi connectivity index (χ1v) is 8.49. The highest BCUT2D eigenvalue weighted by Gasteiger charge is 2.33. The number of hydrogen-bond acceptors (Lipinski definition) is 3. The van der Waals surface area contributed by atoms with Gasteiger partial charge in [-0.25, -0.2) is 0 Å². The van der Waals surface area contributed by atoms with E-state index < -0.39 is 0 Å². The van der Waals surface area contributed by atoms with Crippen molar-refractivity contribution in [2.75, 3.05) is 13.1 Å². The molecule has 0 amide bonds. The van der Waals surface area contributed by atoms with Gasteiger partial charge in [0, 0.05) is 19.1 Å². The number of piperidine rings is 1. The van der Waals surface area contributed by atoms with Crippen molar-refractivity contribution < 1.29 is 5.11 Å². The van der Waals surface area contributed by atoms with E-state index in [2.05, 4.69) is 4.90 Å². The molecule has 3 rings (SSSR count). The smallest absolute Gasteiger partial charge is 0.0917 e. The van der Waals surface area contributed by atoms with Gasteiger partial charge in [-0.1, -0.05) is 37.1 Å². The van der Waals surface area contributed by atoms with Crippen LogP contribution in [0, 0.1) is 5.92 Å². The minimum atomic E-state index is -0.377. The first kappa shape index (κ1) is 15.0. The summed E-state index contributed by atoms with van der Waals surface area (Å²) in [6.45, 7) is 2.49. The molecule has 1 unspecified atom stereocenters. The average molecular weight is 288 g/mol. The van der Waals surface area contributed by atoms with Crippen LogP contribution in [0.2, 0.25) is 0 Å². The van der Waals surface area contributed by atoms with Crippen LogP contribution < -0.4 is 5.73 Å². The van der Waals surface area contributed by atoms with Gasteiger partial charge in [-0.15, -0.1) is 0 Å². The van der Waals surface area contributed by atoms with Crippen molar-refractivity contribution >= 4 is 0 Å². The number of rotatable bonds is 4. The maximum Gasteiger partial charge on any atom is 0.0917 e. The Morgan fingerprint density at radius 1 is 1.10 bits per heavy atom. The Morgan fingerprint density at radius 2 is 1.81 bits per heavy atom. The molecule has 1 aliphatic heterocycles. The molecule has 0 spiro atoms. The Bertz CT molecular complexity index is 443. The standard InChI is InChI=1S/C18H28N2O/c19-12-14-7-9-16(10-8-14)18(21)13-20-11-3-5-15-4-1-2-6-17(15)20/h7-10,15,17-18,21H,1-6,11-13,19H2/t15-,17-,18?/m1/s1. The van der Waals surface area contributed by atoms with Crippen LogP contribution in [-0.4, -0.2) is 29.1 Å². The van der Waals surface area contributed by atoms with E-state index >= 15 is 0 Å². The summed E-state index contributed by atoms with van der Waals surface area (Å²) >= 11 is 0. The highest BCUT2D eigenvalue weighted by Crippen LogP contribution is 2.36. The Hall–Kier alpha value is -0.900. The number of aliphatic hydroxyl groups excluding tert-OH is 1. The van der Waals surface area contributed by atoms with E-state index in [1.54, 1.807) is 0 Å². The number of aliphatic hydroxyl groups is 1. The molecule has 1 saturated carbocycles. The second-order valence-corrected chi connectivity index (χ2v) is 6.71. The first-order valence-electron chi connectivity index (χ1n) is 8.49. The Morgan fingerprint density at radius 3 is 2.57 bits per heavy atom. The summed E-state index contributed by atoms with van der Waals surface area (Å²) in [6, 6.07) is 8.81. The number of nitrogens with two attached hydrogens (primary N) is 1. The third-order valence-corrected chi connectivity index (χ3v) is 5.37. The summed E-state index contributed by atoms with van der Waals surface area (Å²) in [5.41, 5.74) is 7.77. The summed E-state index contributed by atoms with van der Waals surface area (Å²) in [5, 5.41) is 10.6. The maximum absolute atomic E-state index is 10.6. The van der Waals surface area contributed by atoms with Gasteiger partial charge in [0.15, 0.2) is 0 Å². The Kier molecular flexibility index (Phi) is 4.94. The van der Waals surface area contributed by atoms with Crippen molar-refractivity contribution in [1.82, 2.24) is 4.90 Å². The average Bonchev–Trinajstić information content (AvgIpc) is 2.55. The fraction of sp³-hybridized carbons (Fsp3) is 0.667. The van der Waals surface area contributed by atoms with Gasteiger partial charge in [-0.3, -0.25) is 4.90 Å². The lowest BCUT2D eigenvalue weighted by Gasteiger charge is -2.44. The Labute approximate surface area is 128 Å². The van der Waals surface area contributed by atoms with Crippen LogP contribution in [0.25, 0.3) is 0 Å². The van der Waals surface area contributed by atoms with Gasteiger partial charge in [0.2, 0.25) is 0 Å². The topological polar surface area (TPSA) is 49.5 Å². The molecule has 1 saturated heterocycles. The van der Waals surface area contributed by atoms with Gasteiger partial charge in [0.1, 0.15) is 0 Å². The molecule has 21 heavy (non-hydrogen) atoms. The number of likely N-dealkylation sites (tertiary alicyclic amines) is 1. The zero-order valence-electron chi connectivity index (χ0n) is 12.9. The molecular weight excluding hydrogens is 260 g/mol. The van der Waals surface area contributed by atoms with Crippen LogP contribution in [0.5, 0.6) is 0 Å². The third kappa shape index (κ3) is 3.47. The van der Waals surface area contributed by atoms with E-state index in [4.69, 9.17) is 5.73 Å². The van der Waals surface area contributed by atoms with Gasteiger partial charge in [0.05, 0.1) is 6.10 Å². The zero-order valence-corrected chi connectivity index (χ0v) is 12.9. The molecule has 1 heterocycles. The van der Waals surface area contributed by atoms with Crippen molar-refractivity contribution in [3.05, 3.63) is 35.4 Å². The van der Waals surface area contributed by atoms with Crippen LogP contribution in [0.4, 0.5) is 0 Å². The largest absolute Gasteiger partial charge is 0.387 e. The van der Waals surface area contributed by atoms with Crippen LogP contribution in [0.15, 0.2) is 24.3 Å². The van der Waals surface area contributed by atoms with E-state index in [1.165, 1.54) is 38.5 Å². The first-order chi connectivity index (χ1) is 10.3. The van der Waals surface area contributed by atoms with Crippen molar-refractivity contribution in [3.63, 3.8) is 0 Å². The SMILES string of the molecule is NCc1ccc(C(O)CN2CCC[C@H]3CCCC[C@H]32)cc1. The van der Waals surface area contributed by atoms with Crippen molar-refractivity contribution in [3.8, 4) is 0 Å². The zero-order chi connectivity index (χ0) is 14.7. The fourth-order valence-electron chi connectivity index (χ4n) is 4.16. The predicted molar refractivity (Wildman–Crippen MR) is 85.8 cm³/mol. The number of β-amino-alcohol motifs (C(OH)–C–C–N with tert-alkyl or cyclic N) is 1. The van der Waals surface area contributed by atoms with Crippen molar-refractivity contribution in [2.45, 2.75) is 57.2 Å². The molecule has 116 valence electrons. The van der Waals surface area contributed by atoms with Crippen LogP contribution in [0.1, 0.15) is 55.8 Å². The lowest BCUT2D eigenvalue weighted by molar-refractivity contribution is 0.0205. The second kappa shape index (κ2) is 6.91. The number of hydrogen-bond donors (Lipinski definition) is 2. The molecular formula is C18H28N2O. The molecule has 1 aromatic carbocycles. The molecule has 3 nitrogen and oxygen atoms in total. The summed E-state index contributed by atoms with van der Waals surface area (Å²) < 4.78 is 0. The molecule has 2 aliphatic rings. The van der Waals surface area contributed by atoms with Crippen molar-refractivity contribution in [1.29, 1.82) is 0 Å². The number of nitrogens with zero attached hydrogens (tertiary/aromatic N) is 1. The number of fused-ring (bicyclic) bond motifs is 1. The van der Waals surface area contributed by atoms with E-state index in [-0.39, 0.29) is 6.10 Å². The molecule has 0 bridgehead atoms. The van der Waals surface area contributed by atoms with E-state index in [1.807, 2.05) is 24.3 Å². The molecule has 1 aromatic rings. The summed E-state index contributed by atoms with van der Waals surface area (Å²) in [4.78, 5) is 2.55. The lowest BCUT2D eigenvalue weighted by atomic mass is 9.78. The van der Waals surface area contributed by atoms with E-state index in [9.17, 15) is 5.11 Å². The molecule has 0 aromatic heterocycles. The fourth-order valence-corrected chi connectivity index (χ4v) is 4.16. The highest BCUT2D eigenvalue weighted by atomic mass is 16.3. The third-order valence-electron chi connectivity index (χ3n) is 5.37. The molecule has 1 aliphatic carbocycles. The van der Waals surface area contributed by atoms with Gasteiger partial charge in [-0.05, 0) is 49.3 Å². The quantitative estimate of drug-likeness (QED) is 0.895. The van der Waals surface area contributed by atoms with Gasteiger partial charge < -0.3 is 10.8 Å². The maximum atomic E-state index is 10.6. The minimum absolute atomic E-state index is 0.377. The lowest BCUT2D eigenvalue weighted by Crippen LogP contribution is -2.48. The van der Waals surface area contributed by atoms with Crippen LogP contribution >= 0.6 is 0 Å². The second-order valence-electron chi connectivity index (χ2n) is 6.71. The molecule has 3 atom stereocenters.